The van der Waals surface area contributed by atoms with Gasteiger partial charge in [-0.2, -0.15) is 0 Å². The number of rotatable bonds is 8. The molecule has 1 unspecified atom stereocenters. The molecule has 0 aliphatic heterocycles. The molecule has 0 aliphatic carbocycles. The zero-order chi connectivity index (χ0) is 21.4. The summed E-state index contributed by atoms with van der Waals surface area (Å²) in [5.41, 5.74) is 1.12. The molecule has 0 spiro atoms. The van der Waals surface area contributed by atoms with E-state index in [1.807, 2.05) is 42.8 Å². The molecule has 0 radical (unpaired) electrons. The standard InChI is InChI=1S/C21H34N6O2.HI/c1-15-25-26-19(27(15)5)14-24-20(23-13-18(29-7)21(2,3)4)22-12-16-8-10-17(28-6)11-9-16;/h8-11,18H,12-14H2,1-7H3,(H2,22,23,24);1H. The SMILES string of the molecule is COc1ccc(CN=C(NCc2nnc(C)n2C)NCC(OC)C(C)(C)C)cc1.I. The summed E-state index contributed by atoms with van der Waals surface area (Å²) >= 11 is 0. The number of nitrogens with zero attached hydrogens (tertiary/aromatic N) is 4. The van der Waals surface area contributed by atoms with Gasteiger partial charge in [0.05, 0.1) is 26.3 Å². The van der Waals surface area contributed by atoms with E-state index in [4.69, 9.17) is 14.5 Å². The van der Waals surface area contributed by atoms with E-state index in [0.29, 0.717) is 25.6 Å². The van der Waals surface area contributed by atoms with Crippen LogP contribution in [0.3, 0.4) is 0 Å². The van der Waals surface area contributed by atoms with Crippen molar-refractivity contribution < 1.29 is 9.47 Å². The Morgan fingerprint density at radius 3 is 2.30 bits per heavy atom. The molecular formula is C21H35IN6O2. The topological polar surface area (TPSA) is 85.6 Å². The molecule has 1 aromatic heterocycles. The van der Waals surface area contributed by atoms with Crippen molar-refractivity contribution in [3.05, 3.63) is 41.5 Å². The van der Waals surface area contributed by atoms with Gasteiger partial charge in [-0.05, 0) is 30.0 Å². The summed E-state index contributed by atoms with van der Waals surface area (Å²) in [6.45, 7) is 10.1. The summed E-state index contributed by atoms with van der Waals surface area (Å²) in [6, 6.07) is 7.90. The Hall–Kier alpha value is -1.88. The Bertz CT molecular complexity index is 799. The third kappa shape index (κ3) is 7.75. The first kappa shape index (κ1) is 26.2. The Balaban J connectivity index is 0.00000450. The van der Waals surface area contributed by atoms with Crippen molar-refractivity contribution in [2.75, 3.05) is 20.8 Å². The first-order chi connectivity index (χ1) is 13.7. The van der Waals surface area contributed by atoms with Gasteiger partial charge in [0, 0.05) is 20.7 Å². The molecule has 168 valence electrons. The lowest BCUT2D eigenvalue weighted by molar-refractivity contribution is 0.0205. The second kappa shape index (κ2) is 12.1. The lowest BCUT2D eigenvalue weighted by atomic mass is 9.89. The predicted molar refractivity (Wildman–Crippen MR) is 130 cm³/mol. The van der Waals surface area contributed by atoms with Crippen LogP contribution in [0.1, 0.15) is 38.0 Å². The third-order valence-corrected chi connectivity index (χ3v) is 4.88. The molecule has 2 aromatic rings. The molecule has 1 aromatic carbocycles. The van der Waals surface area contributed by atoms with E-state index in [1.165, 1.54) is 0 Å². The highest BCUT2D eigenvalue weighted by Crippen LogP contribution is 2.21. The molecule has 0 bridgehead atoms. The number of ether oxygens (including phenoxy) is 2. The fourth-order valence-electron chi connectivity index (χ4n) is 2.78. The van der Waals surface area contributed by atoms with Crippen LogP contribution in [0.25, 0.3) is 0 Å². The Kier molecular flexibility index (Phi) is 10.5. The number of halogens is 1. The van der Waals surface area contributed by atoms with Gasteiger partial charge < -0.3 is 24.7 Å². The maximum Gasteiger partial charge on any atom is 0.192 e. The number of aryl methyl sites for hydroxylation is 1. The fraction of sp³-hybridized carbons (Fsp3) is 0.571. The molecule has 0 amide bonds. The highest BCUT2D eigenvalue weighted by Gasteiger charge is 2.24. The normalized spacial score (nSPS) is 12.8. The van der Waals surface area contributed by atoms with Gasteiger partial charge in [-0.15, -0.1) is 34.2 Å². The van der Waals surface area contributed by atoms with Crippen LogP contribution in [-0.2, 0) is 24.9 Å². The second-order valence-electron chi connectivity index (χ2n) is 8.06. The molecule has 0 fully saturated rings. The number of aromatic nitrogens is 3. The second-order valence-corrected chi connectivity index (χ2v) is 8.06. The quantitative estimate of drug-likeness (QED) is 0.310. The first-order valence-corrected chi connectivity index (χ1v) is 9.77. The van der Waals surface area contributed by atoms with Gasteiger partial charge in [0.15, 0.2) is 11.8 Å². The highest BCUT2D eigenvalue weighted by atomic mass is 127. The van der Waals surface area contributed by atoms with Gasteiger partial charge in [0.1, 0.15) is 11.6 Å². The molecule has 30 heavy (non-hydrogen) atoms. The molecule has 0 aliphatic rings. The van der Waals surface area contributed by atoms with Gasteiger partial charge in [0.25, 0.3) is 0 Å². The first-order valence-electron chi connectivity index (χ1n) is 9.77. The number of hydrogen-bond acceptors (Lipinski definition) is 5. The van der Waals surface area contributed by atoms with Crippen molar-refractivity contribution in [3.8, 4) is 5.75 Å². The monoisotopic (exact) mass is 530 g/mol. The minimum Gasteiger partial charge on any atom is -0.497 e. The Morgan fingerprint density at radius 2 is 1.80 bits per heavy atom. The molecule has 1 heterocycles. The molecule has 0 saturated carbocycles. The van der Waals surface area contributed by atoms with Crippen molar-refractivity contribution in [1.29, 1.82) is 0 Å². The molecule has 0 saturated heterocycles. The van der Waals surface area contributed by atoms with Crippen LogP contribution < -0.4 is 15.4 Å². The number of aliphatic imine (C=N–C) groups is 1. The van der Waals surface area contributed by atoms with Crippen molar-refractivity contribution in [3.63, 3.8) is 0 Å². The van der Waals surface area contributed by atoms with Crippen LogP contribution in [-0.4, -0.2) is 47.6 Å². The Morgan fingerprint density at radius 1 is 1.13 bits per heavy atom. The van der Waals surface area contributed by atoms with Gasteiger partial charge in [0.2, 0.25) is 0 Å². The number of benzene rings is 1. The van der Waals surface area contributed by atoms with Crippen molar-refractivity contribution >= 4 is 29.9 Å². The van der Waals surface area contributed by atoms with E-state index in [2.05, 4.69) is 41.6 Å². The molecule has 8 nitrogen and oxygen atoms in total. The summed E-state index contributed by atoms with van der Waals surface area (Å²) in [5, 5.41) is 15.1. The molecule has 9 heteroatoms. The van der Waals surface area contributed by atoms with Crippen molar-refractivity contribution in [2.45, 2.75) is 46.9 Å². The van der Waals surface area contributed by atoms with Crippen molar-refractivity contribution in [2.24, 2.45) is 17.5 Å². The van der Waals surface area contributed by atoms with Gasteiger partial charge >= 0.3 is 0 Å². The van der Waals surface area contributed by atoms with E-state index in [1.54, 1.807) is 14.2 Å². The van der Waals surface area contributed by atoms with E-state index in [-0.39, 0.29) is 35.5 Å². The number of hydrogen-bond donors (Lipinski definition) is 2. The van der Waals surface area contributed by atoms with Crippen LogP contribution in [0.4, 0.5) is 0 Å². The maximum absolute atomic E-state index is 5.65. The predicted octanol–water partition coefficient (Wildman–Crippen LogP) is 3.05. The van der Waals surface area contributed by atoms with E-state index in [9.17, 15) is 0 Å². The van der Waals surface area contributed by atoms with E-state index >= 15 is 0 Å². The van der Waals surface area contributed by atoms with Crippen molar-refractivity contribution in [1.82, 2.24) is 25.4 Å². The number of nitrogens with one attached hydrogen (secondary N) is 2. The summed E-state index contributed by atoms with van der Waals surface area (Å²) in [4.78, 5) is 4.73. The van der Waals surface area contributed by atoms with Crippen LogP contribution >= 0.6 is 24.0 Å². The summed E-state index contributed by atoms with van der Waals surface area (Å²) in [7, 11) is 5.35. The van der Waals surface area contributed by atoms with Gasteiger partial charge in [-0.1, -0.05) is 32.9 Å². The minimum absolute atomic E-state index is 0. The zero-order valence-electron chi connectivity index (χ0n) is 19.0. The summed E-state index contributed by atoms with van der Waals surface area (Å²) < 4.78 is 12.8. The maximum atomic E-state index is 5.65. The lowest BCUT2D eigenvalue weighted by Gasteiger charge is -2.30. The van der Waals surface area contributed by atoms with Gasteiger partial charge in [-0.3, -0.25) is 0 Å². The summed E-state index contributed by atoms with van der Waals surface area (Å²) in [5.74, 6) is 3.26. The van der Waals surface area contributed by atoms with E-state index in [0.717, 1.165) is 23.0 Å². The third-order valence-electron chi connectivity index (χ3n) is 4.88. The smallest absolute Gasteiger partial charge is 0.192 e. The van der Waals surface area contributed by atoms with Gasteiger partial charge in [-0.25, -0.2) is 4.99 Å². The molecular weight excluding hydrogens is 495 g/mol. The molecule has 2 rings (SSSR count). The largest absolute Gasteiger partial charge is 0.497 e. The lowest BCUT2D eigenvalue weighted by Crippen LogP contribution is -2.45. The average molecular weight is 530 g/mol. The highest BCUT2D eigenvalue weighted by molar-refractivity contribution is 14.0. The molecule has 2 N–H and O–H groups in total. The molecule has 1 atom stereocenters. The number of methoxy groups -OCH3 is 2. The zero-order valence-corrected chi connectivity index (χ0v) is 21.4. The summed E-state index contributed by atoms with van der Waals surface area (Å²) in [6.07, 6.45) is 0.0487. The average Bonchev–Trinajstić information content (AvgIpc) is 3.01. The minimum atomic E-state index is 0. The number of guanidine groups is 1. The van der Waals surface area contributed by atoms with Crippen LogP contribution in [0.5, 0.6) is 5.75 Å². The van der Waals surface area contributed by atoms with E-state index < -0.39 is 0 Å². The van der Waals surface area contributed by atoms with Crippen LogP contribution in [0.2, 0.25) is 0 Å². The Labute approximate surface area is 196 Å². The fourth-order valence-corrected chi connectivity index (χ4v) is 2.78. The van der Waals surface area contributed by atoms with Crippen LogP contribution in [0.15, 0.2) is 29.3 Å². The van der Waals surface area contributed by atoms with Crippen LogP contribution in [0, 0.1) is 12.3 Å².